The number of aromatic nitrogens is 2. The Labute approximate surface area is 126 Å². The van der Waals surface area contributed by atoms with E-state index in [-0.39, 0.29) is 5.82 Å². The molecule has 0 saturated carbocycles. The molecule has 0 aliphatic heterocycles. The summed E-state index contributed by atoms with van der Waals surface area (Å²) in [7, 11) is 0. The molecule has 1 N–H and O–H groups in total. The van der Waals surface area contributed by atoms with Crippen molar-refractivity contribution in [3.05, 3.63) is 51.2 Å². The molecule has 6 heteroatoms. The lowest BCUT2D eigenvalue weighted by Gasteiger charge is -2.01. The standard InChI is InChI=1S/C13H7BrClFN2S/c14-11-5-4-10(19-11)9-6-17-13(18-9)12-7(15)2-1-3-8(12)16/h1-6H,(H,17,18). The lowest BCUT2D eigenvalue weighted by Crippen LogP contribution is -1.87. The van der Waals surface area contributed by atoms with Gasteiger partial charge in [-0.05, 0) is 40.2 Å². The molecular formula is C13H7BrClFN2S. The van der Waals surface area contributed by atoms with Crippen LogP contribution in [0.2, 0.25) is 5.02 Å². The number of nitrogens with zero attached hydrogens (tertiary/aromatic N) is 1. The molecule has 3 aromatic rings. The van der Waals surface area contributed by atoms with Crippen LogP contribution in [0.1, 0.15) is 0 Å². The van der Waals surface area contributed by atoms with Gasteiger partial charge in [0.05, 0.1) is 31.1 Å². The monoisotopic (exact) mass is 356 g/mol. The van der Waals surface area contributed by atoms with Crippen molar-refractivity contribution in [3.8, 4) is 22.0 Å². The molecule has 0 radical (unpaired) electrons. The van der Waals surface area contributed by atoms with E-state index in [9.17, 15) is 4.39 Å². The number of hydrogen-bond acceptors (Lipinski definition) is 2. The first-order chi connectivity index (χ1) is 9.15. The first-order valence-corrected chi connectivity index (χ1v) is 7.39. The second-order valence-electron chi connectivity index (χ2n) is 3.85. The summed E-state index contributed by atoms with van der Waals surface area (Å²) < 4.78 is 14.8. The lowest BCUT2D eigenvalue weighted by molar-refractivity contribution is 0.630. The lowest BCUT2D eigenvalue weighted by atomic mass is 10.2. The third kappa shape index (κ3) is 2.45. The van der Waals surface area contributed by atoms with Gasteiger partial charge in [0, 0.05) is 0 Å². The fourth-order valence-electron chi connectivity index (χ4n) is 1.76. The smallest absolute Gasteiger partial charge is 0.142 e. The molecule has 0 spiro atoms. The van der Waals surface area contributed by atoms with Crippen LogP contribution in [0, 0.1) is 5.82 Å². The number of thiophene rings is 1. The number of H-pyrrole nitrogens is 1. The van der Waals surface area contributed by atoms with E-state index in [2.05, 4.69) is 25.9 Å². The molecule has 2 heterocycles. The summed E-state index contributed by atoms with van der Waals surface area (Å²) in [6, 6.07) is 8.50. The molecule has 2 aromatic heterocycles. The van der Waals surface area contributed by atoms with Crippen LogP contribution in [-0.4, -0.2) is 9.97 Å². The SMILES string of the molecule is Fc1cccc(Cl)c1-c1ncc(-c2ccc(Br)s2)[nH]1. The minimum Gasteiger partial charge on any atom is -0.337 e. The molecule has 0 unspecified atom stereocenters. The average molecular weight is 358 g/mol. The minimum atomic E-state index is -0.388. The molecule has 19 heavy (non-hydrogen) atoms. The van der Waals surface area contributed by atoms with Crippen molar-refractivity contribution in [1.29, 1.82) is 0 Å². The quantitative estimate of drug-likeness (QED) is 0.657. The van der Waals surface area contributed by atoms with E-state index in [1.807, 2.05) is 12.1 Å². The third-order valence-electron chi connectivity index (χ3n) is 2.61. The summed E-state index contributed by atoms with van der Waals surface area (Å²) in [6.45, 7) is 0. The van der Waals surface area contributed by atoms with Crippen molar-refractivity contribution >= 4 is 38.9 Å². The zero-order valence-corrected chi connectivity index (χ0v) is 12.6. The van der Waals surface area contributed by atoms with Crippen molar-refractivity contribution in [2.45, 2.75) is 0 Å². The molecular weight excluding hydrogens is 351 g/mol. The maximum absolute atomic E-state index is 13.8. The summed E-state index contributed by atoms with van der Waals surface area (Å²) in [5, 5.41) is 0.341. The molecule has 0 saturated heterocycles. The number of nitrogens with one attached hydrogen (secondary N) is 1. The topological polar surface area (TPSA) is 28.7 Å². The third-order valence-corrected chi connectivity index (χ3v) is 4.59. The molecule has 0 amide bonds. The van der Waals surface area contributed by atoms with Crippen molar-refractivity contribution in [3.63, 3.8) is 0 Å². The Hall–Kier alpha value is -1.17. The second kappa shape index (κ2) is 5.07. The highest BCUT2D eigenvalue weighted by Gasteiger charge is 2.14. The van der Waals surface area contributed by atoms with Crippen LogP contribution in [0.25, 0.3) is 22.0 Å². The van der Waals surface area contributed by atoms with E-state index in [1.165, 1.54) is 6.07 Å². The van der Waals surface area contributed by atoms with Gasteiger partial charge in [-0.2, -0.15) is 0 Å². The molecule has 96 valence electrons. The Bertz CT molecular complexity index is 718. The summed E-state index contributed by atoms with van der Waals surface area (Å²) in [6.07, 6.45) is 1.68. The zero-order chi connectivity index (χ0) is 13.4. The normalized spacial score (nSPS) is 10.9. The summed E-state index contributed by atoms with van der Waals surface area (Å²) in [5.74, 6) is 0.0448. The van der Waals surface area contributed by atoms with E-state index in [1.54, 1.807) is 29.7 Å². The first-order valence-electron chi connectivity index (χ1n) is 5.40. The van der Waals surface area contributed by atoms with Crippen LogP contribution >= 0.6 is 38.9 Å². The minimum absolute atomic E-state index is 0.297. The van der Waals surface area contributed by atoms with Crippen LogP contribution in [0.15, 0.2) is 40.3 Å². The average Bonchev–Trinajstić information content (AvgIpc) is 2.98. The van der Waals surface area contributed by atoms with Gasteiger partial charge in [0.25, 0.3) is 0 Å². The van der Waals surface area contributed by atoms with E-state index in [0.29, 0.717) is 16.4 Å². The number of halogens is 3. The number of hydrogen-bond donors (Lipinski definition) is 1. The Kier molecular flexibility index (Phi) is 3.43. The van der Waals surface area contributed by atoms with Gasteiger partial charge in [-0.25, -0.2) is 9.37 Å². The van der Waals surface area contributed by atoms with Crippen molar-refractivity contribution in [2.75, 3.05) is 0 Å². The predicted octanol–water partition coefficient (Wildman–Crippen LogP) is 5.36. The summed E-state index contributed by atoms with van der Waals surface area (Å²) in [4.78, 5) is 8.33. The van der Waals surface area contributed by atoms with Crippen LogP contribution in [0.4, 0.5) is 4.39 Å². The Morgan fingerprint density at radius 2 is 2.11 bits per heavy atom. The fourth-order valence-corrected chi connectivity index (χ4v) is 3.36. The second-order valence-corrected chi connectivity index (χ2v) is 6.72. The Morgan fingerprint density at radius 1 is 1.26 bits per heavy atom. The van der Waals surface area contributed by atoms with E-state index in [0.717, 1.165) is 14.4 Å². The number of benzene rings is 1. The van der Waals surface area contributed by atoms with Gasteiger partial charge < -0.3 is 4.98 Å². The van der Waals surface area contributed by atoms with E-state index in [4.69, 9.17) is 11.6 Å². The first kappa shape index (κ1) is 12.8. The van der Waals surface area contributed by atoms with E-state index >= 15 is 0 Å². The van der Waals surface area contributed by atoms with Gasteiger partial charge in [-0.1, -0.05) is 17.7 Å². The molecule has 2 nitrogen and oxygen atoms in total. The van der Waals surface area contributed by atoms with Crippen LogP contribution in [0.5, 0.6) is 0 Å². The Balaban J connectivity index is 2.06. The predicted molar refractivity (Wildman–Crippen MR) is 80.0 cm³/mol. The maximum atomic E-state index is 13.8. The van der Waals surface area contributed by atoms with Crippen molar-refractivity contribution < 1.29 is 4.39 Å². The molecule has 0 aliphatic rings. The summed E-state index contributed by atoms with van der Waals surface area (Å²) >= 11 is 11.0. The molecule has 0 aliphatic carbocycles. The molecule has 0 atom stereocenters. The highest BCUT2D eigenvalue weighted by atomic mass is 79.9. The van der Waals surface area contributed by atoms with Crippen LogP contribution in [0.3, 0.4) is 0 Å². The van der Waals surface area contributed by atoms with Crippen molar-refractivity contribution in [1.82, 2.24) is 9.97 Å². The Morgan fingerprint density at radius 3 is 2.79 bits per heavy atom. The highest BCUT2D eigenvalue weighted by molar-refractivity contribution is 9.11. The van der Waals surface area contributed by atoms with Gasteiger partial charge in [0.15, 0.2) is 0 Å². The van der Waals surface area contributed by atoms with Gasteiger partial charge in [0.2, 0.25) is 0 Å². The van der Waals surface area contributed by atoms with Gasteiger partial charge in [-0.15, -0.1) is 11.3 Å². The highest BCUT2D eigenvalue weighted by Crippen LogP contribution is 2.33. The van der Waals surface area contributed by atoms with E-state index < -0.39 is 0 Å². The van der Waals surface area contributed by atoms with Gasteiger partial charge in [0.1, 0.15) is 11.6 Å². The van der Waals surface area contributed by atoms with Crippen LogP contribution in [-0.2, 0) is 0 Å². The zero-order valence-electron chi connectivity index (χ0n) is 9.45. The molecule has 0 fully saturated rings. The fraction of sp³-hybridized carbons (Fsp3) is 0. The summed E-state index contributed by atoms with van der Waals surface area (Å²) in [5.41, 5.74) is 1.14. The largest absolute Gasteiger partial charge is 0.337 e. The number of rotatable bonds is 2. The molecule has 3 rings (SSSR count). The number of aromatic amines is 1. The maximum Gasteiger partial charge on any atom is 0.142 e. The molecule has 0 bridgehead atoms. The van der Waals surface area contributed by atoms with Gasteiger partial charge in [-0.3, -0.25) is 0 Å². The molecule has 1 aromatic carbocycles. The van der Waals surface area contributed by atoms with Crippen molar-refractivity contribution in [2.24, 2.45) is 0 Å². The number of imidazole rings is 1. The van der Waals surface area contributed by atoms with Gasteiger partial charge >= 0.3 is 0 Å². The van der Waals surface area contributed by atoms with Crippen LogP contribution < -0.4 is 0 Å².